The van der Waals surface area contributed by atoms with Crippen LogP contribution in [0.1, 0.15) is 34.1 Å². The van der Waals surface area contributed by atoms with Gasteiger partial charge in [0.2, 0.25) is 0 Å². The van der Waals surface area contributed by atoms with Crippen molar-refractivity contribution in [2.24, 2.45) is 5.41 Å². The minimum absolute atomic E-state index is 0.146. The van der Waals surface area contributed by atoms with E-state index in [1.54, 1.807) is 6.07 Å². The zero-order valence-electron chi connectivity index (χ0n) is 12.7. The van der Waals surface area contributed by atoms with Crippen LogP contribution in [0.5, 0.6) is 0 Å². The Morgan fingerprint density at radius 3 is 2.65 bits per heavy atom. The van der Waals surface area contributed by atoms with E-state index in [9.17, 15) is 4.39 Å². The molecular formula is C16H24BrFN2. The van der Waals surface area contributed by atoms with Gasteiger partial charge in [0.25, 0.3) is 0 Å². The van der Waals surface area contributed by atoms with Gasteiger partial charge >= 0.3 is 0 Å². The highest BCUT2D eigenvalue weighted by Gasteiger charge is 2.34. The second kappa shape index (κ2) is 6.02. The number of nitrogens with one attached hydrogen (secondary N) is 1. The smallest absolute Gasteiger partial charge is 0.147 e. The van der Waals surface area contributed by atoms with Gasteiger partial charge in [-0.25, -0.2) is 4.39 Å². The fourth-order valence-corrected chi connectivity index (χ4v) is 3.09. The monoisotopic (exact) mass is 342 g/mol. The molecule has 1 aromatic rings. The van der Waals surface area contributed by atoms with Gasteiger partial charge < -0.3 is 10.2 Å². The van der Waals surface area contributed by atoms with Crippen LogP contribution in [0.15, 0.2) is 22.7 Å². The average molecular weight is 343 g/mol. The molecule has 0 radical (unpaired) electrons. The summed E-state index contributed by atoms with van der Waals surface area (Å²) in [5.74, 6) is -0.146. The van der Waals surface area contributed by atoms with Crippen molar-refractivity contribution >= 4 is 21.6 Å². The van der Waals surface area contributed by atoms with Gasteiger partial charge in [0, 0.05) is 29.6 Å². The molecule has 1 heterocycles. The van der Waals surface area contributed by atoms with Gasteiger partial charge in [-0.05, 0) is 30.0 Å². The average Bonchev–Trinajstić information content (AvgIpc) is 2.37. The van der Waals surface area contributed by atoms with Crippen LogP contribution in [0.3, 0.4) is 0 Å². The van der Waals surface area contributed by atoms with Crippen LogP contribution in [0, 0.1) is 11.2 Å². The highest BCUT2D eigenvalue weighted by molar-refractivity contribution is 9.10. The Bertz CT molecular complexity index is 470. The maximum Gasteiger partial charge on any atom is 0.147 e. The fraction of sp³-hybridized carbons (Fsp3) is 0.625. The Morgan fingerprint density at radius 1 is 1.40 bits per heavy atom. The van der Waals surface area contributed by atoms with E-state index in [0.29, 0.717) is 12.1 Å². The van der Waals surface area contributed by atoms with E-state index < -0.39 is 0 Å². The van der Waals surface area contributed by atoms with Gasteiger partial charge in [0.1, 0.15) is 5.82 Å². The number of hydrogen-bond acceptors (Lipinski definition) is 2. The quantitative estimate of drug-likeness (QED) is 0.866. The normalized spacial score (nSPS) is 24.0. The third-order valence-electron chi connectivity index (χ3n) is 4.16. The van der Waals surface area contributed by atoms with Crippen molar-refractivity contribution in [3.05, 3.63) is 28.5 Å². The number of rotatable bonds is 2. The molecule has 1 aliphatic rings. The Labute approximate surface area is 129 Å². The summed E-state index contributed by atoms with van der Waals surface area (Å²) in [5.41, 5.74) is 0.888. The topological polar surface area (TPSA) is 15.3 Å². The van der Waals surface area contributed by atoms with Crippen LogP contribution < -0.4 is 10.2 Å². The lowest BCUT2D eigenvalue weighted by Crippen LogP contribution is -2.60. The molecule has 1 saturated heterocycles. The van der Waals surface area contributed by atoms with Crippen LogP contribution in [0.25, 0.3) is 0 Å². The number of anilines is 1. The molecule has 0 spiro atoms. The Hall–Kier alpha value is -0.610. The molecule has 0 saturated carbocycles. The van der Waals surface area contributed by atoms with E-state index in [-0.39, 0.29) is 11.2 Å². The summed E-state index contributed by atoms with van der Waals surface area (Å²) in [7, 11) is 0. The Morgan fingerprint density at radius 2 is 2.10 bits per heavy atom. The maximum atomic E-state index is 14.3. The Kier molecular flexibility index (Phi) is 4.75. The molecule has 1 aromatic carbocycles. The van der Waals surface area contributed by atoms with Gasteiger partial charge in [0.15, 0.2) is 0 Å². The number of hydrogen-bond donors (Lipinski definition) is 1. The van der Waals surface area contributed by atoms with Crippen molar-refractivity contribution in [3.63, 3.8) is 0 Å². The molecule has 1 fully saturated rings. The zero-order valence-corrected chi connectivity index (χ0v) is 14.3. The molecule has 2 atom stereocenters. The fourth-order valence-electron chi connectivity index (χ4n) is 2.75. The highest BCUT2D eigenvalue weighted by atomic mass is 79.9. The first-order valence-corrected chi connectivity index (χ1v) is 8.07. The molecule has 1 aliphatic heterocycles. The first-order valence-electron chi connectivity index (χ1n) is 7.28. The van der Waals surface area contributed by atoms with Gasteiger partial charge in [-0.2, -0.15) is 0 Å². The van der Waals surface area contributed by atoms with Crippen LogP contribution in [0.4, 0.5) is 10.1 Å². The largest absolute Gasteiger partial charge is 0.363 e. The molecule has 112 valence electrons. The lowest BCUT2D eigenvalue weighted by Gasteiger charge is -2.46. The minimum atomic E-state index is -0.146. The molecule has 20 heavy (non-hydrogen) atoms. The third-order valence-corrected chi connectivity index (χ3v) is 4.65. The Balaban J connectivity index is 2.29. The number of piperazine rings is 1. The molecule has 0 bridgehead atoms. The zero-order chi connectivity index (χ0) is 14.9. The SMILES string of the molecule is CCC1CNC(C(C)(C)C)CN1c1ccc(Br)cc1F. The van der Waals surface area contributed by atoms with Gasteiger partial charge in [-0.1, -0.05) is 43.6 Å². The van der Waals surface area contributed by atoms with Gasteiger partial charge in [-0.3, -0.25) is 0 Å². The molecule has 2 unspecified atom stereocenters. The first-order chi connectivity index (χ1) is 9.32. The molecule has 2 nitrogen and oxygen atoms in total. The van der Waals surface area contributed by atoms with Gasteiger partial charge in [0.05, 0.1) is 5.69 Å². The first kappa shape index (κ1) is 15.8. The molecular weight excluding hydrogens is 319 g/mol. The van der Waals surface area contributed by atoms with E-state index in [2.05, 4.69) is 53.8 Å². The summed E-state index contributed by atoms with van der Waals surface area (Å²) in [4.78, 5) is 2.23. The molecule has 0 amide bonds. The van der Waals surface area contributed by atoms with Crippen molar-refractivity contribution in [1.29, 1.82) is 0 Å². The summed E-state index contributed by atoms with van der Waals surface area (Å²) in [6.07, 6.45) is 1.01. The summed E-state index contributed by atoms with van der Waals surface area (Å²) in [6, 6.07) is 6.07. The van der Waals surface area contributed by atoms with Crippen LogP contribution in [0.2, 0.25) is 0 Å². The van der Waals surface area contributed by atoms with Crippen LogP contribution in [-0.4, -0.2) is 25.2 Å². The van der Waals surface area contributed by atoms with E-state index in [1.165, 1.54) is 0 Å². The highest BCUT2D eigenvalue weighted by Crippen LogP contribution is 2.30. The predicted molar refractivity (Wildman–Crippen MR) is 86.8 cm³/mol. The van der Waals surface area contributed by atoms with E-state index >= 15 is 0 Å². The van der Waals surface area contributed by atoms with Crippen molar-refractivity contribution < 1.29 is 4.39 Å². The van der Waals surface area contributed by atoms with Gasteiger partial charge in [-0.15, -0.1) is 0 Å². The second-order valence-corrected chi connectivity index (χ2v) is 7.55. The van der Waals surface area contributed by atoms with Crippen molar-refractivity contribution in [3.8, 4) is 0 Å². The van der Waals surface area contributed by atoms with Crippen LogP contribution in [-0.2, 0) is 0 Å². The molecule has 0 aliphatic carbocycles. The summed E-state index contributed by atoms with van der Waals surface area (Å²) < 4.78 is 15.1. The van der Waals surface area contributed by atoms with E-state index in [4.69, 9.17) is 0 Å². The van der Waals surface area contributed by atoms with E-state index in [0.717, 1.165) is 29.7 Å². The molecule has 1 N–H and O–H groups in total. The van der Waals surface area contributed by atoms with Crippen molar-refractivity contribution in [2.75, 3.05) is 18.0 Å². The molecule has 2 rings (SSSR count). The minimum Gasteiger partial charge on any atom is -0.363 e. The second-order valence-electron chi connectivity index (χ2n) is 6.64. The lowest BCUT2D eigenvalue weighted by molar-refractivity contribution is 0.233. The van der Waals surface area contributed by atoms with Crippen molar-refractivity contribution in [1.82, 2.24) is 5.32 Å². The lowest BCUT2D eigenvalue weighted by atomic mass is 9.84. The standard InChI is InChI=1S/C16H24BrFN2/c1-5-12-9-19-15(16(2,3)4)10-20(12)14-7-6-11(17)8-13(14)18/h6-8,12,15,19H,5,9-10H2,1-4H3. The summed E-state index contributed by atoms with van der Waals surface area (Å²) in [6.45, 7) is 10.6. The molecule has 0 aromatic heterocycles. The summed E-state index contributed by atoms with van der Waals surface area (Å²) in [5, 5.41) is 3.62. The third kappa shape index (κ3) is 3.34. The number of benzene rings is 1. The number of nitrogens with zero attached hydrogens (tertiary/aromatic N) is 1. The number of halogens is 2. The predicted octanol–water partition coefficient (Wildman–Crippen LogP) is 4.19. The summed E-state index contributed by atoms with van der Waals surface area (Å²) >= 11 is 3.33. The van der Waals surface area contributed by atoms with Crippen molar-refractivity contribution in [2.45, 2.75) is 46.2 Å². The van der Waals surface area contributed by atoms with Crippen LogP contribution >= 0.6 is 15.9 Å². The molecule has 4 heteroatoms. The maximum absolute atomic E-state index is 14.3. The van der Waals surface area contributed by atoms with E-state index in [1.807, 2.05) is 12.1 Å².